The molecule has 3 heteroatoms. The van der Waals surface area contributed by atoms with E-state index in [4.69, 9.17) is 0 Å². The van der Waals surface area contributed by atoms with Crippen LogP contribution in [0.2, 0.25) is 0 Å². The molecule has 1 aromatic carbocycles. The van der Waals surface area contributed by atoms with Crippen molar-refractivity contribution in [3.63, 3.8) is 0 Å². The molecule has 0 fully saturated rings. The molecule has 0 amide bonds. The fourth-order valence-electron chi connectivity index (χ4n) is 2.40. The summed E-state index contributed by atoms with van der Waals surface area (Å²) in [6.45, 7) is 11.7. The zero-order valence-electron chi connectivity index (χ0n) is 13.5. The van der Waals surface area contributed by atoms with E-state index in [1.165, 1.54) is 6.07 Å². The van der Waals surface area contributed by atoms with E-state index in [9.17, 15) is 4.39 Å². The van der Waals surface area contributed by atoms with Crippen LogP contribution in [-0.4, -0.2) is 31.1 Å². The average Bonchev–Trinajstić information content (AvgIpc) is 2.36. The molecule has 2 nitrogen and oxygen atoms in total. The first-order valence-electron chi connectivity index (χ1n) is 7.51. The molecule has 1 atom stereocenters. The molecular formula is C17H29FN2. The maximum Gasteiger partial charge on any atom is 0.123 e. The van der Waals surface area contributed by atoms with Crippen LogP contribution in [0.25, 0.3) is 0 Å². The van der Waals surface area contributed by atoms with Crippen molar-refractivity contribution in [3.8, 4) is 0 Å². The summed E-state index contributed by atoms with van der Waals surface area (Å²) in [4.78, 5) is 2.28. The zero-order valence-corrected chi connectivity index (χ0v) is 13.5. The van der Waals surface area contributed by atoms with Crippen molar-refractivity contribution in [2.45, 2.75) is 46.7 Å². The third kappa shape index (κ3) is 6.02. The molecule has 0 aliphatic rings. The van der Waals surface area contributed by atoms with Crippen LogP contribution in [-0.2, 0) is 6.54 Å². The first-order chi connectivity index (χ1) is 9.34. The predicted molar refractivity (Wildman–Crippen MR) is 84.3 cm³/mol. The van der Waals surface area contributed by atoms with E-state index in [-0.39, 0.29) is 11.2 Å². The first kappa shape index (κ1) is 17.1. The second kappa shape index (κ2) is 7.75. The van der Waals surface area contributed by atoms with E-state index in [0.717, 1.165) is 31.6 Å². The lowest BCUT2D eigenvalue weighted by Crippen LogP contribution is -2.42. The van der Waals surface area contributed by atoms with Gasteiger partial charge in [-0.3, -0.25) is 0 Å². The molecule has 1 N–H and O–H groups in total. The van der Waals surface area contributed by atoms with Gasteiger partial charge in [-0.05, 0) is 36.6 Å². The molecule has 1 aromatic rings. The summed E-state index contributed by atoms with van der Waals surface area (Å²) in [5, 5.41) is 3.53. The minimum Gasteiger partial charge on any atom is -0.314 e. The van der Waals surface area contributed by atoms with Gasteiger partial charge in [0.05, 0.1) is 0 Å². The van der Waals surface area contributed by atoms with Crippen LogP contribution in [0, 0.1) is 11.2 Å². The van der Waals surface area contributed by atoms with Gasteiger partial charge >= 0.3 is 0 Å². The summed E-state index contributed by atoms with van der Waals surface area (Å²) in [6.07, 6.45) is 1.13. The van der Waals surface area contributed by atoms with Crippen molar-refractivity contribution in [3.05, 3.63) is 35.6 Å². The Morgan fingerprint density at radius 3 is 2.60 bits per heavy atom. The number of rotatable bonds is 8. The number of hydrogen-bond donors (Lipinski definition) is 1. The standard InChI is InChI=1S/C17H29FN2/c1-6-17(4,12-19-14(2)3)13-20(5)11-15-8-7-9-16(18)10-15/h7-10,14,19H,6,11-13H2,1-5H3. The molecule has 1 rings (SSSR count). The van der Waals surface area contributed by atoms with E-state index < -0.39 is 0 Å². The van der Waals surface area contributed by atoms with Crippen LogP contribution in [0.1, 0.15) is 39.7 Å². The Balaban J connectivity index is 2.56. The summed E-state index contributed by atoms with van der Waals surface area (Å²) in [5.41, 5.74) is 1.27. The van der Waals surface area contributed by atoms with Crippen LogP contribution in [0.3, 0.4) is 0 Å². The number of nitrogens with zero attached hydrogens (tertiary/aromatic N) is 1. The van der Waals surface area contributed by atoms with Crippen molar-refractivity contribution >= 4 is 0 Å². The van der Waals surface area contributed by atoms with Crippen molar-refractivity contribution in [2.75, 3.05) is 20.1 Å². The Morgan fingerprint density at radius 1 is 1.35 bits per heavy atom. The van der Waals surface area contributed by atoms with Crippen molar-refractivity contribution in [1.29, 1.82) is 0 Å². The third-order valence-electron chi connectivity index (χ3n) is 3.78. The molecular weight excluding hydrogens is 251 g/mol. The molecule has 1 unspecified atom stereocenters. The summed E-state index contributed by atoms with van der Waals surface area (Å²) in [7, 11) is 2.11. The first-order valence-corrected chi connectivity index (χ1v) is 7.51. The smallest absolute Gasteiger partial charge is 0.123 e. The van der Waals surface area contributed by atoms with Crippen molar-refractivity contribution in [2.24, 2.45) is 5.41 Å². The average molecular weight is 280 g/mol. The molecule has 0 heterocycles. The molecule has 0 spiro atoms. The fraction of sp³-hybridized carbons (Fsp3) is 0.647. The Morgan fingerprint density at radius 2 is 2.05 bits per heavy atom. The minimum atomic E-state index is -0.157. The van der Waals surface area contributed by atoms with Gasteiger partial charge in [0.1, 0.15) is 5.82 Å². The molecule has 0 aromatic heterocycles. The largest absolute Gasteiger partial charge is 0.314 e. The van der Waals surface area contributed by atoms with Gasteiger partial charge in [0.15, 0.2) is 0 Å². The van der Waals surface area contributed by atoms with Crippen molar-refractivity contribution in [1.82, 2.24) is 10.2 Å². The van der Waals surface area contributed by atoms with Gasteiger partial charge in [-0.25, -0.2) is 4.39 Å². The molecule has 0 saturated carbocycles. The van der Waals surface area contributed by atoms with Crippen LogP contribution in [0.15, 0.2) is 24.3 Å². The van der Waals surface area contributed by atoms with Gasteiger partial charge < -0.3 is 10.2 Å². The van der Waals surface area contributed by atoms with Crippen LogP contribution >= 0.6 is 0 Å². The van der Waals surface area contributed by atoms with Gasteiger partial charge in [0, 0.05) is 25.7 Å². The SMILES string of the molecule is CCC(C)(CNC(C)C)CN(C)Cc1cccc(F)c1. The van der Waals surface area contributed by atoms with Gasteiger partial charge in [0.2, 0.25) is 0 Å². The summed E-state index contributed by atoms with van der Waals surface area (Å²) < 4.78 is 13.2. The Bertz CT molecular complexity index is 406. The summed E-state index contributed by atoms with van der Waals surface area (Å²) in [6, 6.07) is 7.38. The number of nitrogens with one attached hydrogen (secondary N) is 1. The lowest BCUT2D eigenvalue weighted by molar-refractivity contribution is 0.172. The number of halogens is 1. The monoisotopic (exact) mass is 280 g/mol. The van der Waals surface area contributed by atoms with E-state index in [1.807, 2.05) is 6.07 Å². The molecule has 20 heavy (non-hydrogen) atoms. The fourth-order valence-corrected chi connectivity index (χ4v) is 2.40. The third-order valence-corrected chi connectivity index (χ3v) is 3.78. The predicted octanol–water partition coefficient (Wildman–Crippen LogP) is 3.67. The highest BCUT2D eigenvalue weighted by molar-refractivity contribution is 5.16. The van der Waals surface area contributed by atoms with Crippen molar-refractivity contribution < 1.29 is 4.39 Å². The van der Waals surface area contributed by atoms with E-state index in [2.05, 4.69) is 45.0 Å². The highest BCUT2D eigenvalue weighted by Gasteiger charge is 2.24. The van der Waals surface area contributed by atoms with Gasteiger partial charge in [-0.15, -0.1) is 0 Å². The summed E-state index contributed by atoms with van der Waals surface area (Å²) in [5.74, 6) is -0.157. The van der Waals surface area contributed by atoms with Crippen LogP contribution in [0.5, 0.6) is 0 Å². The lowest BCUT2D eigenvalue weighted by atomic mass is 9.86. The molecule has 0 radical (unpaired) electrons. The molecule has 0 aliphatic heterocycles. The lowest BCUT2D eigenvalue weighted by Gasteiger charge is -2.34. The molecule has 0 saturated heterocycles. The minimum absolute atomic E-state index is 0.157. The quantitative estimate of drug-likeness (QED) is 0.781. The second-order valence-electron chi connectivity index (χ2n) is 6.50. The van der Waals surface area contributed by atoms with Crippen LogP contribution < -0.4 is 5.32 Å². The number of hydrogen-bond acceptors (Lipinski definition) is 2. The maximum atomic E-state index is 13.2. The Hall–Kier alpha value is -0.930. The summed E-state index contributed by atoms with van der Waals surface area (Å²) >= 11 is 0. The molecule has 0 aliphatic carbocycles. The zero-order chi connectivity index (χ0) is 15.2. The van der Waals surface area contributed by atoms with Gasteiger partial charge in [-0.2, -0.15) is 0 Å². The normalized spacial score (nSPS) is 14.8. The molecule has 0 bridgehead atoms. The second-order valence-corrected chi connectivity index (χ2v) is 6.50. The molecule has 114 valence electrons. The Labute approximate surface area is 123 Å². The maximum absolute atomic E-state index is 13.2. The highest BCUT2D eigenvalue weighted by atomic mass is 19.1. The Kier molecular flexibility index (Phi) is 6.63. The van der Waals surface area contributed by atoms with E-state index in [1.54, 1.807) is 12.1 Å². The van der Waals surface area contributed by atoms with E-state index in [0.29, 0.717) is 6.04 Å². The van der Waals surface area contributed by atoms with E-state index >= 15 is 0 Å². The van der Waals surface area contributed by atoms with Gasteiger partial charge in [-0.1, -0.05) is 39.8 Å². The topological polar surface area (TPSA) is 15.3 Å². The highest BCUT2D eigenvalue weighted by Crippen LogP contribution is 2.22. The number of benzene rings is 1. The van der Waals surface area contributed by atoms with Gasteiger partial charge in [0.25, 0.3) is 0 Å². The van der Waals surface area contributed by atoms with Crippen LogP contribution in [0.4, 0.5) is 4.39 Å².